The molecule has 0 radical (unpaired) electrons. The minimum atomic E-state index is -1.70. The first-order valence-corrected chi connectivity index (χ1v) is 3.26. The molecule has 0 aliphatic heterocycles. The molecule has 0 aromatic heterocycles. The quantitative estimate of drug-likeness (QED) is 0.515. The van der Waals surface area contributed by atoms with E-state index < -0.39 is 29.6 Å². The summed E-state index contributed by atoms with van der Waals surface area (Å²) in [7, 11) is 0. The Morgan fingerprint density at radius 2 is 2.00 bits per heavy atom. The van der Waals surface area contributed by atoms with Crippen molar-refractivity contribution in [2.24, 2.45) is 0 Å². The number of rotatable bonds is 1. The van der Waals surface area contributed by atoms with E-state index in [1.807, 2.05) is 0 Å². The third-order valence-corrected chi connectivity index (χ3v) is 1.39. The minimum absolute atomic E-state index is 0.551. The van der Waals surface area contributed by atoms with Crippen LogP contribution in [0.1, 0.15) is 0 Å². The van der Waals surface area contributed by atoms with Crippen LogP contribution >= 0.6 is 0 Å². The summed E-state index contributed by atoms with van der Waals surface area (Å²) >= 11 is 0. The molecule has 0 aromatic rings. The lowest BCUT2D eigenvalue weighted by Crippen LogP contribution is -2.31. The standard InChI is InChI=1S/C7H6O6/c8-3-1-2-4(9)6(5(3)10)13-7(11)12/h1-2,6,8-9H,(H,11,12). The molecule has 0 saturated heterocycles. The Balaban J connectivity index is 2.87. The molecule has 1 atom stereocenters. The zero-order chi connectivity index (χ0) is 10.0. The summed E-state index contributed by atoms with van der Waals surface area (Å²) in [6, 6.07) is 0. The third kappa shape index (κ3) is 1.78. The van der Waals surface area contributed by atoms with Crippen molar-refractivity contribution in [1.82, 2.24) is 0 Å². The lowest BCUT2D eigenvalue weighted by molar-refractivity contribution is -0.126. The van der Waals surface area contributed by atoms with E-state index in [1.165, 1.54) is 0 Å². The Kier molecular flexibility index (Phi) is 2.23. The molecule has 0 saturated carbocycles. The van der Waals surface area contributed by atoms with Crippen molar-refractivity contribution in [1.29, 1.82) is 0 Å². The number of hydrogen-bond acceptors (Lipinski definition) is 5. The highest BCUT2D eigenvalue weighted by Crippen LogP contribution is 2.15. The average molecular weight is 186 g/mol. The van der Waals surface area contributed by atoms with Gasteiger partial charge in [0.25, 0.3) is 0 Å². The Labute approximate surface area is 72.4 Å². The summed E-state index contributed by atoms with van der Waals surface area (Å²) in [5, 5.41) is 26.0. The van der Waals surface area contributed by atoms with E-state index in [2.05, 4.69) is 4.74 Å². The molecule has 1 aliphatic carbocycles. The monoisotopic (exact) mass is 186 g/mol. The largest absolute Gasteiger partial charge is 0.508 e. The van der Waals surface area contributed by atoms with Crippen LogP contribution in [0.2, 0.25) is 0 Å². The Hall–Kier alpha value is -1.98. The highest BCUT2D eigenvalue weighted by molar-refractivity contribution is 6.00. The van der Waals surface area contributed by atoms with Crippen LogP contribution in [0, 0.1) is 0 Å². The molecule has 0 amide bonds. The summed E-state index contributed by atoms with van der Waals surface area (Å²) < 4.78 is 4.03. The van der Waals surface area contributed by atoms with E-state index in [0.717, 1.165) is 12.2 Å². The summed E-state index contributed by atoms with van der Waals surface area (Å²) in [6.07, 6.45) is -1.40. The van der Waals surface area contributed by atoms with Crippen molar-refractivity contribution in [3.05, 3.63) is 23.7 Å². The molecule has 0 heterocycles. The molecule has 1 rings (SSSR count). The molecule has 6 nitrogen and oxygen atoms in total. The predicted octanol–water partition coefficient (Wildman–Crippen LogP) is 0.516. The summed E-state index contributed by atoms with van der Waals surface area (Å²) in [4.78, 5) is 21.0. The molecule has 70 valence electrons. The molecular formula is C7H6O6. The maximum atomic E-state index is 11.0. The van der Waals surface area contributed by atoms with Gasteiger partial charge in [-0.05, 0) is 12.2 Å². The number of carbonyl (C=O) groups is 2. The Bertz CT molecular complexity index is 311. The third-order valence-electron chi connectivity index (χ3n) is 1.39. The van der Waals surface area contributed by atoms with Crippen LogP contribution in [0.15, 0.2) is 23.7 Å². The maximum Gasteiger partial charge on any atom is 0.506 e. The zero-order valence-electron chi connectivity index (χ0n) is 6.30. The van der Waals surface area contributed by atoms with Gasteiger partial charge in [-0.15, -0.1) is 0 Å². The molecule has 1 aliphatic rings. The first kappa shape index (κ1) is 9.11. The van der Waals surface area contributed by atoms with Crippen LogP contribution in [-0.4, -0.2) is 33.4 Å². The summed E-state index contributed by atoms with van der Waals surface area (Å²) in [6.45, 7) is 0. The minimum Gasteiger partial charge on any atom is -0.508 e. The fourth-order valence-corrected chi connectivity index (χ4v) is 0.817. The maximum absolute atomic E-state index is 11.0. The molecule has 1 unspecified atom stereocenters. The highest BCUT2D eigenvalue weighted by atomic mass is 16.7. The molecule has 0 spiro atoms. The molecule has 6 heteroatoms. The molecule has 0 aromatic carbocycles. The smallest absolute Gasteiger partial charge is 0.506 e. The lowest BCUT2D eigenvalue weighted by Gasteiger charge is -2.15. The topological polar surface area (TPSA) is 104 Å². The number of Topliss-reactive ketones (excluding diaryl/α,β-unsaturated/α-hetero) is 1. The first-order valence-electron chi connectivity index (χ1n) is 3.26. The summed E-state index contributed by atoms with van der Waals surface area (Å²) in [5.74, 6) is -2.18. The normalized spacial score (nSPS) is 21.8. The number of aliphatic hydroxyl groups excluding tert-OH is 2. The van der Waals surface area contributed by atoms with Gasteiger partial charge < -0.3 is 20.1 Å². The Morgan fingerprint density at radius 3 is 2.54 bits per heavy atom. The number of allylic oxidation sites excluding steroid dienone is 2. The van der Waals surface area contributed by atoms with Gasteiger partial charge in [0.1, 0.15) is 5.76 Å². The highest BCUT2D eigenvalue weighted by Gasteiger charge is 2.31. The van der Waals surface area contributed by atoms with Gasteiger partial charge in [0, 0.05) is 0 Å². The number of aliphatic hydroxyl groups is 2. The van der Waals surface area contributed by atoms with Crippen molar-refractivity contribution in [2.75, 3.05) is 0 Å². The second-order valence-corrected chi connectivity index (χ2v) is 2.27. The molecule has 0 bridgehead atoms. The van der Waals surface area contributed by atoms with Crippen LogP contribution in [0.4, 0.5) is 4.79 Å². The van der Waals surface area contributed by atoms with Crippen molar-refractivity contribution in [3.63, 3.8) is 0 Å². The van der Waals surface area contributed by atoms with E-state index in [1.54, 1.807) is 0 Å². The van der Waals surface area contributed by atoms with Crippen molar-refractivity contribution in [3.8, 4) is 0 Å². The fourth-order valence-electron chi connectivity index (χ4n) is 0.817. The number of hydrogen-bond donors (Lipinski definition) is 3. The van der Waals surface area contributed by atoms with Crippen LogP contribution in [0.3, 0.4) is 0 Å². The Morgan fingerprint density at radius 1 is 1.38 bits per heavy atom. The second kappa shape index (κ2) is 3.18. The van der Waals surface area contributed by atoms with Gasteiger partial charge >= 0.3 is 6.16 Å². The van der Waals surface area contributed by atoms with Gasteiger partial charge in [0.15, 0.2) is 5.76 Å². The number of ether oxygens (including phenoxy) is 1. The van der Waals surface area contributed by atoms with Gasteiger partial charge in [0.2, 0.25) is 11.9 Å². The van der Waals surface area contributed by atoms with E-state index >= 15 is 0 Å². The number of carbonyl (C=O) groups excluding carboxylic acids is 1. The van der Waals surface area contributed by atoms with Crippen LogP contribution in [-0.2, 0) is 9.53 Å². The van der Waals surface area contributed by atoms with Gasteiger partial charge in [-0.2, -0.15) is 0 Å². The molecular weight excluding hydrogens is 180 g/mol. The van der Waals surface area contributed by atoms with E-state index in [9.17, 15) is 9.59 Å². The molecule has 0 fully saturated rings. The van der Waals surface area contributed by atoms with Crippen molar-refractivity contribution >= 4 is 11.9 Å². The van der Waals surface area contributed by atoms with E-state index in [-0.39, 0.29) is 0 Å². The molecule has 3 N–H and O–H groups in total. The molecule has 13 heavy (non-hydrogen) atoms. The predicted molar refractivity (Wildman–Crippen MR) is 39.3 cm³/mol. The van der Waals surface area contributed by atoms with Crippen LogP contribution in [0.5, 0.6) is 0 Å². The van der Waals surface area contributed by atoms with Gasteiger partial charge in [-0.3, -0.25) is 4.79 Å². The van der Waals surface area contributed by atoms with Crippen LogP contribution in [0.25, 0.3) is 0 Å². The first-order chi connectivity index (χ1) is 6.02. The number of carboxylic acid groups (broad SMARTS) is 1. The average Bonchev–Trinajstić information content (AvgIpc) is 2.05. The zero-order valence-corrected chi connectivity index (χ0v) is 6.30. The van der Waals surface area contributed by atoms with Crippen molar-refractivity contribution < 1.29 is 29.6 Å². The summed E-state index contributed by atoms with van der Waals surface area (Å²) in [5.41, 5.74) is 0. The van der Waals surface area contributed by atoms with E-state index in [0.29, 0.717) is 0 Å². The van der Waals surface area contributed by atoms with E-state index in [4.69, 9.17) is 15.3 Å². The second-order valence-electron chi connectivity index (χ2n) is 2.27. The van der Waals surface area contributed by atoms with Crippen molar-refractivity contribution in [2.45, 2.75) is 6.10 Å². The SMILES string of the molecule is O=C(O)OC1C(=O)C(O)=CC=C1O. The fraction of sp³-hybridized carbons (Fsp3) is 0.143. The van der Waals surface area contributed by atoms with Crippen LogP contribution < -0.4 is 0 Å². The van der Waals surface area contributed by atoms with Gasteiger partial charge in [0.05, 0.1) is 0 Å². The lowest BCUT2D eigenvalue weighted by atomic mass is 10.1. The number of ketones is 1. The van der Waals surface area contributed by atoms with Gasteiger partial charge in [-0.1, -0.05) is 0 Å². The van der Waals surface area contributed by atoms with Gasteiger partial charge in [-0.25, -0.2) is 4.79 Å².